The van der Waals surface area contributed by atoms with Gasteiger partial charge in [0.05, 0.1) is 5.52 Å². The highest BCUT2D eigenvalue weighted by atomic mass is 19.1. The molecule has 1 unspecified atom stereocenters. The fourth-order valence-corrected chi connectivity index (χ4v) is 2.48. The molecule has 1 atom stereocenters. The molecule has 1 saturated heterocycles. The van der Waals surface area contributed by atoms with E-state index in [1.165, 1.54) is 6.07 Å². The number of piperidine rings is 1. The van der Waals surface area contributed by atoms with Crippen molar-refractivity contribution in [1.29, 1.82) is 0 Å². The highest BCUT2D eigenvalue weighted by Gasteiger charge is 2.18. The summed E-state index contributed by atoms with van der Waals surface area (Å²) < 4.78 is 13.5. The Morgan fingerprint density at radius 1 is 1.42 bits per heavy atom. The third-order valence-corrected chi connectivity index (χ3v) is 3.48. The Hall–Kier alpha value is -1.88. The molecule has 1 amide bonds. The summed E-state index contributed by atoms with van der Waals surface area (Å²) in [7, 11) is 0. The second-order valence-electron chi connectivity index (χ2n) is 4.90. The standard InChI is InChI=1S/C14H16FN3O/c15-11-5-1-3-9-7-12(18-13(9)11)14(19)17-10-4-2-6-16-8-10/h1,3,5,7,10,16,18H,2,4,6,8H2,(H,17,19). The predicted molar refractivity (Wildman–Crippen MR) is 71.6 cm³/mol. The number of H-pyrrole nitrogens is 1. The molecule has 0 saturated carbocycles. The van der Waals surface area contributed by atoms with Crippen LogP contribution in [-0.4, -0.2) is 30.0 Å². The minimum atomic E-state index is -0.337. The monoisotopic (exact) mass is 261 g/mol. The first-order chi connectivity index (χ1) is 9.24. The Balaban J connectivity index is 1.79. The molecule has 1 aromatic heterocycles. The number of nitrogens with one attached hydrogen (secondary N) is 3. The van der Waals surface area contributed by atoms with Gasteiger partial charge in [-0.15, -0.1) is 0 Å². The Kier molecular flexibility index (Phi) is 3.21. The molecule has 1 aliphatic rings. The van der Waals surface area contributed by atoms with Gasteiger partial charge in [-0.2, -0.15) is 0 Å². The highest BCUT2D eigenvalue weighted by Crippen LogP contribution is 2.18. The van der Waals surface area contributed by atoms with Gasteiger partial charge in [-0.05, 0) is 31.5 Å². The summed E-state index contributed by atoms with van der Waals surface area (Å²) in [5.41, 5.74) is 0.792. The van der Waals surface area contributed by atoms with Gasteiger partial charge >= 0.3 is 0 Å². The lowest BCUT2D eigenvalue weighted by molar-refractivity contribution is 0.0926. The van der Waals surface area contributed by atoms with Crippen LogP contribution in [-0.2, 0) is 0 Å². The number of benzene rings is 1. The molecule has 100 valence electrons. The first-order valence-electron chi connectivity index (χ1n) is 6.53. The SMILES string of the molecule is O=C(NC1CCCNC1)c1cc2cccc(F)c2[nH]1. The third kappa shape index (κ3) is 2.46. The fourth-order valence-electron chi connectivity index (χ4n) is 2.48. The second-order valence-corrected chi connectivity index (χ2v) is 4.90. The van der Waals surface area contributed by atoms with Gasteiger partial charge in [-0.1, -0.05) is 12.1 Å². The fraction of sp³-hybridized carbons (Fsp3) is 0.357. The lowest BCUT2D eigenvalue weighted by Crippen LogP contribution is -2.45. The van der Waals surface area contributed by atoms with Crippen LogP contribution >= 0.6 is 0 Å². The Morgan fingerprint density at radius 3 is 3.05 bits per heavy atom. The molecule has 2 aromatic rings. The summed E-state index contributed by atoms with van der Waals surface area (Å²) >= 11 is 0. The molecular weight excluding hydrogens is 245 g/mol. The molecule has 0 spiro atoms. The number of amides is 1. The molecular formula is C14H16FN3O. The van der Waals surface area contributed by atoms with Crippen molar-refractivity contribution in [2.75, 3.05) is 13.1 Å². The lowest BCUT2D eigenvalue weighted by Gasteiger charge is -2.23. The number of hydrogen-bond donors (Lipinski definition) is 3. The first kappa shape index (κ1) is 12.2. The maximum absolute atomic E-state index is 13.5. The van der Waals surface area contributed by atoms with Crippen molar-refractivity contribution in [1.82, 2.24) is 15.6 Å². The van der Waals surface area contributed by atoms with Gasteiger partial charge in [-0.3, -0.25) is 4.79 Å². The zero-order chi connectivity index (χ0) is 13.2. The Morgan fingerprint density at radius 2 is 2.32 bits per heavy atom. The number of carbonyl (C=O) groups is 1. The number of aromatic amines is 1. The largest absolute Gasteiger partial charge is 0.348 e. The maximum Gasteiger partial charge on any atom is 0.267 e. The van der Waals surface area contributed by atoms with E-state index in [-0.39, 0.29) is 17.8 Å². The van der Waals surface area contributed by atoms with Crippen molar-refractivity contribution >= 4 is 16.8 Å². The van der Waals surface area contributed by atoms with Gasteiger partial charge in [0.1, 0.15) is 11.5 Å². The summed E-state index contributed by atoms with van der Waals surface area (Å²) in [6.45, 7) is 1.80. The number of rotatable bonds is 2. The second kappa shape index (κ2) is 5.01. The van der Waals surface area contributed by atoms with Crippen molar-refractivity contribution in [3.63, 3.8) is 0 Å². The van der Waals surface area contributed by atoms with E-state index in [0.717, 1.165) is 25.9 Å². The first-order valence-corrected chi connectivity index (χ1v) is 6.53. The average molecular weight is 261 g/mol. The molecule has 1 fully saturated rings. The van der Waals surface area contributed by atoms with Crippen molar-refractivity contribution < 1.29 is 9.18 Å². The van der Waals surface area contributed by atoms with Gasteiger partial charge in [0.2, 0.25) is 0 Å². The molecule has 2 heterocycles. The molecule has 3 N–H and O–H groups in total. The van der Waals surface area contributed by atoms with Crippen LogP contribution in [0.4, 0.5) is 4.39 Å². The minimum Gasteiger partial charge on any atom is -0.348 e. The van der Waals surface area contributed by atoms with E-state index in [9.17, 15) is 9.18 Å². The van der Waals surface area contributed by atoms with Crippen LogP contribution < -0.4 is 10.6 Å². The Bertz CT molecular complexity index is 602. The van der Waals surface area contributed by atoms with E-state index < -0.39 is 0 Å². The highest BCUT2D eigenvalue weighted by molar-refractivity contribution is 5.98. The van der Waals surface area contributed by atoms with Crippen LogP contribution in [0.3, 0.4) is 0 Å². The molecule has 4 nitrogen and oxygen atoms in total. The van der Waals surface area contributed by atoms with Gasteiger partial charge in [-0.25, -0.2) is 4.39 Å². The van der Waals surface area contributed by atoms with Crippen molar-refractivity contribution in [3.8, 4) is 0 Å². The van der Waals surface area contributed by atoms with E-state index >= 15 is 0 Å². The number of fused-ring (bicyclic) bond motifs is 1. The summed E-state index contributed by atoms with van der Waals surface area (Å²) in [5.74, 6) is -0.514. The number of carbonyl (C=O) groups excluding carboxylic acids is 1. The lowest BCUT2D eigenvalue weighted by atomic mass is 10.1. The summed E-state index contributed by atoms with van der Waals surface area (Å²) in [6, 6.07) is 6.64. The van der Waals surface area contributed by atoms with Crippen LogP contribution in [0, 0.1) is 5.82 Å². The van der Waals surface area contributed by atoms with Crippen molar-refractivity contribution in [2.24, 2.45) is 0 Å². The minimum absolute atomic E-state index is 0.150. The van der Waals surface area contributed by atoms with Crippen LogP contribution in [0.15, 0.2) is 24.3 Å². The summed E-state index contributed by atoms with van der Waals surface area (Å²) in [6.07, 6.45) is 2.04. The van der Waals surface area contributed by atoms with Crippen LogP contribution in [0.2, 0.25) is 0 Å². The van der Waals surface area contributed by atoms with Crippen LogP contribution in [0.5, 0.6) is 0 Å². The number of halogens is 1. The molecule has 5 heteroatoms. The summed E-state index contributed by atoms with van der Waals surface area (Å²) in [4.78, 5) is 14.9. The predicted octanol–water partition coefficient (Wildman–Crippen LogP) is 1.79. The number of aromatic nitrogens is 1. The molecule has 19 heavy (non-hydrogen) atoms. The third-order valence-electron chi connectivity index (χ3n) is 3.48. The number of para-hydroxylation sites is 1. The van der Waals surface area contributed by atoms with E-state index in [1.54, 1.807) is 18.2 Å². The molecule has 0 bridgehead atoms. The Labute approximate surface area is 110 Å². The average Bonchev–Trinajstić information content (AvgIpc) is 2.85. The van der Waals surface area contributed by atoms with E-state index in [0.29, 0.717) is 16.6 Å². The molecule has 1 aliphatic heterocycles. The molecule has 1 aromatic carbocycles. The smallest absolute Gasteiger partial charge is 0.267 e. The molecule has 0 aliphatic carbocycles. The molecule has 0 radical (unpaired) electrons. The quantitative estimate of drug-likeness (QED) is 0.772. The van der Waals surface area contributed by atoms with Crippen molar-refractivity contribution in [3.05, 3.63) is 35.8 Å². The van der Waals surface area contributed by atoms with Gasteiger partial charge in [0.25, 0.3) is 5.91 Å². The topological polar surface area (TPSA) is 56.9 Å². The van der Waals surface area contributed by atoms with Gasteiger partial charge in [0.15, 0.2) is 0 Å². The van der Waals surface area contributed by atoms with Crippen molar-refractivity contribution in [2.45, 2.75) is 18.9 Å². The number of hydrogen-bond acceptors (Lipinski definition) is 2. The van der Waals surface area contributed by atoms with E-state index in [4.69, 9.17) is 0 Å². The van der Waals surface area contributed by atoms with Gasteiger partial charge in [0, 0.05) is 18.0 Å². The van der Waals surface area contributed by atoms with Crippen LogP contribution in [0.25, 0.3) is 10.9 Å². The zero-order valence-corrected chi connectivity index (χ0v) is 10.5. The molecule has 3 rings (SSSR count). The van der Waals surface area contributed by atoms with E-state index in [1.807, 2.05) is 0 Å². The summed E-state index contributed by atoms with van der Waals surface area (Å²) in [5, 5.41) is 6.92. The van der Waals surface area contributed by atoms with E-state index in [2.05, 4.69) is 15.6 Å². The van der Waals surface area contributed by atoms with Crippen LogP contribution in [0.1, 0.15) is 23.3 Å². The van der Waals surface area contributed by atoms with Gasteiger partial charge < -0.3 is 15.6 Å². The zero-order valence-electron chi connectivity index (χ0n) is 10.5. The maximum atomic E-state index is 13.5. The normalized spacial score (nSPS) is 19.5.